The summed E-state index contributed by atoms with van der Waals surface area (Å²) in [5.41, 5.74) is 3.13. The van der Waals surface area contributed by atoms with Gasteiger partial charge >= 0.3 is 5.97 Å². The number of methoxy groups -OCH3 is 1. The summed E-state index contributed by atoms with van der Waals surface area (Å²) in [5.74, 6) is 0.0549. The van der Waals surface area contributed by atoms with Crippen molar-refractivity contribution in [1.29, 1.82) is 0 Å². The fourth-order valence-electron chi connectivity index (χ4n) is 3.28. The van der Waals surface area contributed by atoms with Crippen molar-refractivity contribution >= 4 is 11.9 Å². The van der Waals surface area contributed by atoms with Gasteiger partial charge in [-0.2, -0.15) is 0 Å². The smallest absolute Gasteiger partial charge is 0.306 e. The Morgan fingerprint density at radius 3 is 2.13 bits per heavy atom. The maximum atomic E-state index is 12.5. The molecule has 1 unspecified atom stereocenters. The van der Waals surface area contributed by atoms with Gasteiger partial charge in [0.15, 0.2) is 6.61 Å². The number of esters is 1. The van der Waals surface area contributed by atoms with Gasteiger partial charge in [0.2, 0.25) is 0 Å². The van der Waals surface area contributed by atoms with E-state index < -0.39 is 5.97 Å². The zero-order valence-electron chi connectivity index (χ0n) is 17.6. The molecule has 0 bridgehead atoms. The number of rotatable bonds is 10. The highest BCUT2D eigenvalue weighted by Crippen LogP contribution is 2.18. The molecule has 0 radical (unpaired) electrons. The van der Waals surface area contributed by atoms with Crippen LogP contribution >= 0.6 is 0 Å². The van der Waals surface area contributed by atoms with E-state index in [1.54, 1.807) is 7.11 Å². The molecule has 5 nitrogen and oxygen atoms in total. The molecule has 1 N–H and O–H groups in total. The van der Waals surface area contributed by atoms with Crippen LogP contribution in [-0.4, -0.2) is 25.6 Å². The van der Waals surface area contributed by atoms with Gasteiger partial charge in [-0.1, -0.05) is 72.8 Å². The fourth-order valence-corrected chi connectivity index (χ4v) is 3.28. The third kappa shape index (κ3) is 7.30. The molecule has 0 saturated carbocycles. The fraction of sp³-hybridized carbons (Fsp3) is 0.231. The Bertz CT molecular complexity index is 956. The Labute approximate surface area is 183 Å². The van der Waals surface area contributed by atoms with Crippen LogP contribution in [0.3, 0.4) is 0 Å². The van der Waals surface area contributed by atoms with Crippen LogP contribution in [0.4, 0.5) is 0 Å². The van der Waals surface area contributed by atoms with Crippen LogP contribution in [0.1, 0.15) is 29.2 Å². The van der Waals surface area contributed by atoms with Crippen molar-refractivity contribution in [3.63, 3.8) is 0 Å². The molecular weight excluding hydrogens is 390 g/mol. The van der Waals surface area contributed by atoms with E-state index >= 15 is 0 Å². The van der Waals surface area contributed by atoms with Gasteiger partial charge in [-0.3, -0.25) is 9.59 Å². The molecule has 0 heterocycles. The van der Waals surface area contributed by atoms with Crippen molar-refractivity contribution in [2.75, 3.05) is 13.7 Å². The Morgan fingerprint density at radius 2 is 1.48 bits per heavy atom. The van der Waals surface area contributed by atoms with Gasteiger partial charge < -0.3 is 14.8 Å². The number of nitrogens with one attached hydrogen (secondary N) is 1. The molecule has 0 aliphatic rings. The highest BCUT2D eigenvalue weighted by molar-refractivity contribution is 5.81. The summed E-state index contributed by atoms with van der Waals surface area (Å²) in [6.07, 6.45) is 1.42. The van der Waals surface area contributed by atoms with E-state index in [-0.39, 0.29) is 25.0 Å². The van der Waals surface area contributed by atoms with Crippen molar-refractivity contribution in [2.24, 2.45) is 0 Å². The molecular formula is C26H27NO4. The molecule has 0 aliphatic heterocycles. The maximum absolute atomic E-state index is 12.5. The predicted octanol–water partition coefficient (Wildman–Crippen LogP) is 4.27. The van der Waals surface area contributed by atoms with Crippen LogP contribution in [-0.2, 0) is 27.2 Å². The SMILES string of the molecule is COc1ccc(CCC(=O)OCC(=O)NC(Cc2ccccc2)c2ccccc2)cc1. The van der Waals surface area contributed by atoms with Crippen LogP contribution in [0, 0.1) is 0 Å². The van der Waals surface area contributed by atoms with E-state index in [9.17, 15) is 9.59 Å². The molecule has 0 aromatic heterocycles. The summed E-state index contributed by atoms with van der Waals surface area (Å²) >= 11 is 0. The Balaban J connectivity index is 1.49. The van der Waals surface area contributed by atoms with Crippen molar-refractivity contribution in [3.8, 4) is 5.75 Å². The zero-order valence-corrected chi connectivity index (χ0v) is 17.6. The van der Waals surface area contributed by atoms with Gasteiger partial charge in [0.25, 0.3) is 5.91 Å². The summed E-state index contributed by atoms with van der Waals surface area (Å²) in [4.78, 5) is 24.5. The minimum Gasteiger partial charge on any atom is -0.497 e. The summed E-state index contributed by atoms with van der Waals surface area (Å²) < 4.78 is 10.3. The molecule has 3 aromatic rings. The molecule has 0 spiro atoms. The normalized spacial score (nSPS) is 11.4. The quantitative estimate of drug-likeness (QED) is 0.501. The first-order chi connectivity index (χ1) is 15.1. The van der Waals surface area contributed by atoms with Gasteiger partial charge in [0.1, 0.15) is 5.75 Å². The van der Waals surface area contributed by atoms with Crippen molar-refractivity contribution in [3.05, 3.63) is 102 Å². The molecule has 5 heteroatoms. The monoisotopic (exact) mass is 417 g/mol. The van der Waals surface area contributed by atoms with Crippen molar-refractivity contribution in [1.82, 2.24) is 5.32 Å². The second-order valence-corrected chi connectivity index (χ2v) is 7.23. The molecule has 160 valence electrons. The van der Waals surface area contributed by atoms with Crippen LogP contribution in [0.15, 0.2) is 84.9 Å². The first-order valence-corrected chi connectivity index (χ1v) is 10.3. The van der Waals surface area contributed by atoms with Gasteiger partial charge in [-0.05, 0) is 41.7 Å². The van der Waals surface area contributed by atoms with E-state index in [1.807, 2.05) is 84.9 Å². The third-order valence-electron chi connectivity index (χ3n) is 4.96. The molecule has 31 heavy (non-hydrogen) atoms. The molecule has 1 atom stereocenters. The molecule has 0 saturated heterocycles. The van der Waals surface area contributed by atoms with Gasteiger partial charge in [-0.25, -0.2) is 0 Å². The number of carbonyl (C=O) groups excluding carboxylic acids is 2. The van der Waals surface area contributed by atoms with Gasteiger partial charge in [0, 0.05) is 6.42 Å². The van der Waals surface area contributed by atoms with Crippen LogP contribution in [0.25, 0.3) is 0 Å². The average Bonchev–Trinajstić information content (AvgIpc) is 2.82. The third-order valence-corrected chi connectivity index (χ3v) is 4.96. The largest absolute Gasteiger partial charge is 0.497 e. The maximum Gasteiger partial charge on any atom is 0.306 e. The minimum absolute atomic E-state index is 0.200. The average molecular weight is 418 g/mol. The number of aryl methyl sites for hydroxylation is 1. The molecule has 0 aliphatic carbocycles. The number of carbonyl (C=O) groups is 2. The number of hydrogen-bond acceptors (Lipinski definition) is 4. The first kappa shape index (κ1) is 22.1. The Kier molecular flexibility index (Phi) is 8.23. The summed E-state index contributed by atoms with van der Waals surface area (Å²) in [6, 6.07) is 27.1. The van der Waals surface area contributed by atoms with E-state index in [0.29, 0.717) is 12.8 Å². The highest BCUT2D eigenvalue weighted by atomic mass is 16.5. The van der Waals surface area contributed by atoms with E-state index in [1.165, 1.54) is 0 Å². The highest BCUT2D eigenvalue weighted by Gasteiger charge is 2.16. The Hall–Kier alpha value is -3.60. The molecule has 1 amide bonds. The lowest BCUT2D eigenvalue weighted by Gasteiger charge is -2.19. The molecule has 0 fully saturated rings. The van der Waals surface area contributed by atoms with E-state index in [0.717, 1.165) is 22.4 Å². The first-order valence-electron chi connectivity index (χ1n) is 10.3. The lowest BCUT2D eigenvalue weighted by Crippen LogP contribution is -2.33. The Morgan fingerprint density at radius 1 is 0.839 bits per heavy atom. The van der Waals surface area contributed by atoms with E-state index in [2.05, 4.69) is 5.32 Å². The van der Waals surface area contributed by atoms with Crippen LogP contribution in [0.5, 0.6) is 5.75 Å². The second-order valence-electron chi connectivity index (χ2n) is 7.23. The summed E-state index contributed by atoms with van der Waals surface area (Å²) in [6.45, 7) is -0.292. The second kappa shape index (κ2) is 11.6. The zero-order chi connectivity index (χ0) is 21.9. The standard InChI is InChI=1S/C26H27NO4/c1-30-23-15-12-20(13-16-23)14-17-26(29)31-19-25(28)27-24(22-10-6-3-7-11-22)18-21-8-4-2-5-9-21/h2-13,15-16,24H,14,17-19H2,1H3,(H,27,28). The number of amides is 1. The van der Waals surface area contributed by atoms with Crippen molar-refractivity contribution in [2.45, 2.75) is 25.3 Å². The lowest BCUT2D eigenvalue weighted by molar-refractivity contribution is -0.148. The molecule has 3 aromatic carbocycles. The predicted molar refractivity (Wildman–Crippen MR) is 120 cm³/mol. The molecule has 3 rings (SSSR count). The van der Waals surface area contributed by atoms with Crippen molar-refractivity contribution < 1.29 is 19.1 Å². The summed E-state index contributed by atoms with van der Waals surface area (Å²) in [7, 11) is 1.61. The number of hydrogen-bond donors (Lipinski definition) is 1. The summed E-state index contributed by atoms with van der Waals surface area (Å²) in [5, 5.41) is 2.99. The number of benzene rings is 3. The van der Waals surface area contributed by atoms with Gasteiger partial charge in [0.05, 0.1) is 13.2 Å². The lowest BCUT2D eigenvalue weighted by atomic mass is 9.99. The van der Waals surface area contributed by atoms with Crippen LogP contribution in [0.2, 0.25) is 0 Å². The van der Waals surface area contributed by atoms with Crippen LogP contribution < -0.4 is 10.1 Å². The van der Waals surface area contributed by atoms with E-state index in [4.69, 9.17) is 9.47 Å². The topological polar surface area (TPSA) is 64.6 Å². The number of ether oxygens (including phenoxy) is 2. The van der Waals surface area contributed by atoms with Gasteiger partial charge in [-0.15, -0.1) is 0 Å². The minimum atomic E-state index is -0.398.